The van der Waals surface area contributed by atoms with E-state index in [0.29, 0.717) is 30.5 Å². The van der Waals surface area contributed by atoms with Crippen molar-refractivity contribution in [3.05, 3.63) is 11.6 Å². The van der Waals surface area contributed by atoms with E-state index in [4.69, 9.17) is 4.74 Å². The molecular weight excluding hydrogens is 216 g/mol. The summed E-state index contributed by atoms with van der Waals surface area (Å²) < 4.78 is 5.26. The first-order valence-corrected chi connectivity index (χ1v) is 6.27. The fourth-order valence-electron chi connectivity index (χ4n) is 2.85. The normalized spacial score (nSPS) is 30.8. The summed E-state index contributed by atoms with van der Waals surface area (Å²) in [7, 11) is 0. The van der Waals surface area contributed by atoms with E-state index < -0.39 is 5.60 Å². The van der Waals surface area contributed by atoms with Gasteiger partial charge in [-0.25, -0.2) is 4.79 Å². The highest BCUT2D eigenvalue weighted by Gasteiger charge is 2.38. The summed E-state index contributed by atoms with van der Waals surface area (Å²) in [5, 5.41) is 0. The molecule has 2 saturated carbocycles. The van der Waals surface area contributed by atoms with Crippen LogP contribution in [-0.4, -0.2) is 17.4 Å². The zero-order valence-corrected chi connectivity index (χ0v) is 10.8. The zero-order chi connectivity index (χ0) is 12.6. The number of fused-ring (bicyclic) bond motifs is 1. The van der Waals surface area contributed by atoms with E-state index in [0.717, 1.165) is 18.4 Å². The maximum absolute atomic E-state index is 11.6. The summed E-state index contributed by atoms with van der Waals surface area (Å²) in [4.78, 5) is 22.9. The van der Waals surface area contributed by atoms with Gasteiger partial charge < -0.3 is 4.74 Å². The summed E-state index contributed by atoms with van der Waals surface area (Å²) in [6, 6.07) is 0. The summed E-state index contributed by atoms with van der Waals surface area (Å²) in [5.41, 5.74) is 0.722. The zero-order valence-electron chi connectivity index (χ0n) is 10.8. The van der Waals surface area contributed by atoms with Gasteiger partial charge in [-0.1, -0.05) is 5.57 Å². The van der Waals surface area contributed by atoms with Gasteiger partial charge in [-0.15, -0.1) is 0 Å². The molecule has 0 aromatic rings. The maximum atomic E-state index is 11.6. The second-order valence-corrected chi connectivity index (χ2v) is 6.21. The number of rotatable bonds is 1. The van der Waals surface area contributed by atoms with Crippen LogP contribution in [0.5, 0.6) is 0 Å². The molecule has 3 heteroatoms. The van der Waals surface area contributed by atoms with Crippen LogP contribution in [0.15, 0.2) is 11.6 Å². The Hall–Kier alpha value is -1.12. The molecule has 2 fully saturated rings. The van der Waals surface area contributed by atoms with Crippen LogP contribution < -0.4 is 0 Å². The van der Waals surface area contributed by atoms with Crippen molar-refractivity contribution in [3.8, 4) is 0 Å². The number of hydrogen-bond acceptors (Lipinski definition) is 3. The molecule has 0 saturated heterocycles. The largest absolute Gasteiger partial charge is 0.457 e. The van der Waals surface area contributed by atoms with Crippen molar-refractivity contribution in [3.63, 3.8) is 0 Å². The fourth-order valence-corrected chi connectivity index (χ4v) is 2.85. The molecule has 17 heavy (non-hydrogen) atoms. The molecule has 0 aromatic carbocycles. The Kier molecular flexibility index (Phi) is 3.11. The first-order valence-electron chi connectivity index (χ1n) is 6.27. The van der Waals surface area contributed by atoms with Gasteiger partial charge in [-0.3, -0.25) is 4.79 Å². The van der Waals surface area contributed by atoms with Crippen LogP contribution in [0.3, 0.4) is 0 Å². The number of esters is 1. The predicted octanol–water partition coefficient (Wildman–Crippen LogP) is 2.64. The molecule has 0 radical (unpaired) electrons. The lowest BCUT2D eigenvalue weighted by atomic mass is 10.0. The quantitative estimate of drug-likeness (QED) is 0.519. The standard InChI is InChI=1S/C14H20O3/c1-14(2,3)17-13(16)6-9-4-10-7-12(15)8-11(10)5-9/h6,10-11H,4-5,7-8H2,1-3H3/t10-,11+. The van der Waals surface area contributed by atoms with Crippen LogP contribution in [0.2, 0.25) is 0 Å². The minimum absolute atomic E-state index is 0.251. The van der Waals surface area contributed by atoms with Crippen LogP contribution in [0.25, 0.3) is 0 Å². The van der Waals surface area contributed by atoms with Gasteiger partial charge in [0.2, 0.25) is 0 Å². The Morgan fingerprint density at radius 1 is 1.18 bits per heavy atom. The van der Waals surface area contributed by atoms with Crippen molar-refractivity contribution in [1.29, 1.82) is 0 Å². The van der Waals surface area contributed by atoms with Crippen molar-refractivity contribution in [2.75, 3.05) is 0 Å². The molecule has 0 amide bonds. The molecule has 0 unspecified atom stereocenters. The third-order valence-electron chi connectivity index (χ3n) is 3.42. The Balaban J connectivity index is 1.93. The minimum atomic E-state index is -0.432. The van der Waals surface area contributed by atoms with Gasteiger partial charge in [-0.2, -0.15) is 0 Å². The highest BCUT2D eigenvalue weighted by Crippen LogP contribution is 2.44. The summed E-state index contributed by atoms with van der Waals surface area (Å²) >= 11 is 0. The average Bonchev–Trinajstić information content (AvgIpc) is 2.56. The lowest BCUT2D eigenvalue weighted by Gasteiger charge is -2.18. The molecule has 3 nitrogen and oxygen atoms in total. The topological polar surface area (TPSA) is 43.4 Å². The number of ether oxygens (including phenoxy) is 1. The van der Waals surface area contributed by atoms with Gasteiger partial charge in [0.1, 0.15) is 11.4 Å². The Morgan fingerprint density at radius 3 is 2.18 bits per heavy atom. The van der Waals surface area contributed by atoms with E-state index in [1.807, 2.05) is 20.8 Å². The molecule has 2 aliphatic carbocycles. The summed E-state index contributed by atoms with van der Waals surface area (Å²) in [6.45, 7) is 5.60. The fraction of sp³-hybridized carbons (Fsp3) is 0.714. The highest BCUT2D eigenvalue weighted by molar-refractivity contribution is 5.84. The van der Waals surface area contributed by atoms with Crippen LogP contribution >= 0.6 is 0 Å². The van der Waals surface area contributed by atoms with Crippen molar-refractivity contribution in [2.24, 2.45) is 11.8 Å². The summed E-state index contributed by atoms with van der Waals surface area (Å²) in [6.07, 6.45) is 4.84. The predicted molar refractivity (Wildman–Crippen MR) is 64.4 cm³/mol. The minimum Gasteiger partial charge on any atom is -0.457 e. The van der Waals surface area contributed by atoms with Gasteiger partial charge in [0.15, 0.2) is 0 Å². The van der Waals surface area contributed by atoms with Crippen molar-refractivity contribution in [2.45, 2.75) is 52.1 Å². The van der Waals surface area contributed by atoms with Crippen molar-refractivity contribution >= 4 is 11.8 Å². The van der Waals surface area contributed by atoms with Crippen LogP contribution in [-0.2, 0) is 14.3 Å². The number of allylic oxidation sites excluding steroid dienone is 1. The lowest BCUT2D eigenvalue weighted by molar-refractivity contribution is -0.148. The van der Waals surface area contributed by atoms with Crippen LogP contribution in [0.1, 0.15) is 46.5 Å². The van der Waals surface area contributed by atoms with Gasteiger partial charge in [0.05, 0.1) is 0 Å². The van der Waals surface area contributed by atoms with Gasteiger partial charge in [0, 0.05) is 18.9 Å². The van der Waals surface area contributed by atoms with Gasteiger partial charge in [-0.05, 0) is 45.4 Å². The Bertz CT molecular complexity index is 355. The molecule has 0 bridgehead atoms. The number of Topliss-reactive ketones (excluding diaryl/α,β-unsaturated/α-hetero) is 1. The molecule has 0 N–H and O–H groups in total. The number of ketones is 1. The van der Waals surface area contributed by atoms with Gasteiger partial charge >= 0.3 is 5.97 Å². The maximum Gasteiger partial charge on any atom is 0.331 e. The monoisotopic (exact) mass is 236 g/mol. The highest BCUT2D eigenvalue weighted by atomic mass is 16.6. The Morgan fingerprint density at radius 2 is 1.71 bits per heavy atom. The molecule has 0 spiro atoms. The number of carbonyl (C=O) groups excluding carboxylic acids is 2. The first-order chi connectivity index (χ1) is 7.83. The van der Waals surface area contributed by atoms with E-state index >= 15 is 0 Å². The molecular formula is C14H20O3. The van der Waals surface area contributed by atoms with E-state index in [2.05, 4.69) is 0 Å². The summed E-state index contributed by atoms with van der Waals surface area (Å²) in [5.74, 6) is 1.10. The van der Waals surface area contributed by atoms with E-state index in [-0.39, 0.29) is 5.97 Å². The second-order valence-electron chi connectivity index (χ2n) is 6.21. The molecule has 2 atom stereocenters. The SMILES string of the molecule is CC(C)(C)OC(=O)C=C1C[C@H]2CC(=O)C[C@H]2C1. The van der Waals surface area contributed by atoms with Crippen LogP contribution in [0.4, 0.5) is 0 Å². The van der Waals surface area contributed by atoms with Crippen LogP contribution in [0, 0.1) is 11.8 Å². The molecule has 0 aromatic heterocycles. The van der Waals surface area contributed by atoms with Crippen molar-refractivity contribution < 1.29 is 14.3 Å². The smallest absolute Gasteiger partial charge is 0.331 e. The number of hydrogen-bond donors (Lipinski definition) is 0. The van der Waals surface area contributed by atoms with Crippen molar-refractivity contribution in [1.82, 2.24) is 0 Å². The van der Waals surface area contributed by atoms with E-state index in [9.17, 15) is 9.59 Å². The van der Waals surface area contributed by atoms with Gasteiger partial charge in [0.25, 0.3) is 0 Å². The second kappa shape index (κ2) is 4.28. The molecule has 0 heterocycles. The average molecular weight is 236 g/mol. The Labute approximate surface area is 102 Å². The lowest BCUT2D eigenvalue weighted by Crippen LogP contribution is -2.22. The molecule has 94 valence electrons. The first kappa shape index (κ1) is 12.3. The molecule has 0 aliphatic heterocycles. The van der Waals surface area contributed by atoms with E-state index in [1.165, 1.54) is 0 Å². The third-order valence-corrected chi connectivity index (χ3v) is 3.42. The van der Waals surface area contributed by atoms with E-state index in [1.54, 1.807) is 6.08 Å². The molecule has 2 aliphatic rings. The number of carbonyl (C=O) groups is 2. The molecule has 2 rings (SSSR count). The third kappa shape index (κ3) is 3.18.